The molecule has 0 aliphatic carbocycles. The van der Waals surface area contributed by atoms with Gasteiger partial charge in [0.1, 0.15) is 0 Å². The second-order valence-electron chi connectivity index (χ2n) is 5.46. The van der Waals surface area contributed by atoms with E-state index in [-0.39, 0.29) is 18.1 Å². The van der Waals surface area contributed by atoms with Crippen LogP contribution in [0.5, 0.6) is 0 Å². The van der Waals surface area contributed by atoms with Crippen molar-refractivity contribution < 1.29 is 9.53 Å². The molecule has 1 rings (SSSR count). The lowest BCUT2D eigenvalue weighted by Crippen LogP contribution is -2.43. The number of nitrogens with zero attached hydrogens (tertiary/aromatic N) is 1. The van der Waals surface area contributed by atoms with Crippen LogP contribution < -0.4 is 10.6 Å². The minimum atomic E-state index is -0.191. The van der Waals surface area contributed by atoms with Crippen molar-refractivity contribution in [2.24, 2.45) is 5.92 Å². The third-order valence-corrected chi connectivity index (χ3v) is 3.42. The minimum absolute atomic E-state index is 0.0156. The average molecular weight is 299 g/mol. The summed E-state index contributed by atoms with van der Waals surface area (Å²) in [6.07, 6.45) is 0. The van der Waals surface area contributed by atoms with Gasteiger partial charge in [0.15, 0.2) is 0 Å². The van der Waals surface area contributed by atoms with E-state index in [0.29, 0.717) is 19.1 Å². The van der Waals surface area contributed by atoms with Gasteiger partial charge in [-0.2, -0.15) is 0 Å². The maximum Gasteiger partial charge on any atom is 0.315 e. The minimum Gasteiger partial charge on any atom is -0.379 e. The third kappa shape index (κ3) is 6.34. The fourth-order valence-corrected chi connectivity index (χ4v) is 2.34. The fraction of sp³-hybridized carbons (Fsp3) is 0.714. The number of rotatable bonds is 7. The highest BCUT2D eigenvalue weighted by molar-refractivity contribution is 7.09. The van der Waals surface area contributed by atoms with Crippen molar-refractivity contribution in [1.82, 2.24) is 15.6 Å². The van der Waals surface area contributed by atoms with E-state index in [4.69, 9.17) is 4.74 Å². The number of carbonyl (C=O) groups excluding carboxylic acids is 1. The molecule has 114 valence electrons. The van der Waals surface area contributed by atoms with Crippen LogP contribution in [0.1, 0.15) is 44.4 Å². The van der Waals surface area contributed by atoms with Crippen molar-refractivity contribution in [2.45, 2.75) is 46.7 Å². The molecule has 2 N–H and O–H groups in total. The van der Waals surface area contributed by atoms with E-state index < -0.39 is 0 Å². The van der Waals surface area contributed by atoms with Crippen LogP contribution in [0.3, 0.4) is 0 Å². The normalized spacial score (nSPS) is 14.1. The molecule has 20 heavy (non-hydrogen) atoms. The molecule has 0 spiro atoms. The van der Waals surface area contributed by atoms with Crippen LogP contribution in [-0.2, 0) is 4.74 Å². The van der Waals surface area contributed by atoms with E-state index >= 15 is 0 Å². The van der Waals surface area contributed by atoms with Gasteiger partial charge in [-0.25, -0.2) is 9.78 Å². The standard InChI is InChI=1S/C14H25N3O2S/c1-9(2)6-19-7-10(3)15-14(18)16-11(4)13-8-20-12(5)17-13/h8-11H,6-7H2,1-5H3,(H2,15,16,18)/t10-,11+/m1/s1. The maximum absolute atomic E-state index is 11.8. The summed E-state index contributed by atoms with van der Waals surface area (Å²) in [6, 6.07) is -0.300. The van der Waals surface area contributed by atoms with Crippen molar-refractivity contribution in [3.8, 4) is 0 Å². The van der Waals surface area contributed by atoms with E-state index in [1.807, 2.05) is 26.2 Å². The van der Waals surface area contributed by atoms with Gasteiger partial charge in [0.05, 0.1) is 29.4 Å². The van der Waals surface area contributed by atoms with Gasteiger partial charge in [0, 0.05) is 12.0 Å². The van der Waals surface area contributed by atoms with Crippen LogP contribution in [0.4, 0.5) is 4.79 Å². The Labute approximate surface area is 125 Å². The Balaban J connectivity index is 2.28. The van der Waals surface area contributed by atoms with Gasteiger partial charge in [-0.1, -0.05) is 13.8 Å². The Morgan fingerprint density at radius 2 is 2.00 bits per heavy atom. The van der Waals surface area contributed by atoms with Gasteiger partial charge < -0.3 is 15.4 Å². The van der Waals surface area contributed by atoms with Crippen LogP contribution in [0.25, 0.3) is 0 Å². The molecule has 1 aromatic heterocycles. The quantitative estimate of drug-likeness (QED) is 0.813. The first kappa shape index (κ1) is 16.9. The number of hydrogen-bond acceptors (Lipinski definition) is 4. The number of amides is 2. The summed E-state index contributed by atoms with van der Waals surface area (Å²) >= 11 is 1.58. The second-order valence-corrected chi connectivity index (χ2v) is 6.53. The maximum atomic E-state index is 11.8. The summed E-state index contributed by atoms with van der Waals surface area (Å²) in [4.78, 5) is 16.2. The molecule has 0 unspecified atom stereocenters. The Kier molecular flexibility index (Phi) is 6.95. The number of nitrogens with one attached hydrogen (secondary N) is 2. The molecular formula is C14H25N3O2S. The molecule has 1 heterocycles. The highest BCUT2D eigenvalue weighted by Crippen LogP contribution is 2.15. The number of urea groups is 1. The number of hydrogen-bond donors (Lipinski definition) is 2. The van der Waals surface area contributed by atoms with Crippen molar-refractivity contribution >= 4 is 17.4 Å². The van der Waals surface area contributed by atoms with E-state index in [1.54, 1.807) is 11.3 Å². The third-order valence-electron chi connectivity index (χ3n) is 2.62. The number of aromatic nitrogens is 1. The first-order chi connectivity index (χ1) is 9.38. The van der Waals surface area contributed by atoms with Gasteiger partial charge in [-0.05, 0) is 26.7 Å². The first-order valence-electron chi connectivity index (χ1n) is 6.95. The molecule has 5 nitrogen and oxygen atoms in total. The lowest BCUT2D eigenvalue weighted by molar-refractivity contribution is 0.0953. The second kappa shape index (κ2) is 8.21. The molecule has 0 aliphatic rings. The lowest BCUT2D eigenvalue weighted by atomic mass is 10.2. The van der Waals surface area contributed by atoms with Gasteiger partial charge in [-0.3, -0.25) is 0 Å². The molecule has 0 radical (unpaired) electrons. The molecule has 0 bridgehead atoms. The summed E-state index contributed by atoms with van der Waals surface area (Å²) in [5.74, 6) is 0.504. The summed E-state index contributed by atoms with van der Waals surface area (Å²) < 4.78 is 5.50. The Hall–Kier alpha value is -1.14. The Morgan fingerprint density at radius 1 is 1.30 bits per heavy atom. The predicted molar refractivity (Wildman–Crippen MR) is 82.1 cm³/mol. The van der Waals surface area contributed by atoms with E-state index in [0.717, 1.165) is 10.7 Å². The monoisotopic (exact) mass is 299 g/mol. The SMILES string of the molecule is Cc1nc([C@H](C)NC(=O)N[C@H](C)COCC(C)C)cs1. The molecule has 2 atom stereocenters. The molecule has 0 saturated carbocycles. The lowest BCUT2D eigenvalue weighted by Gasteiger charge is -2.18. The van der Waals surface area contributed by atoms with Crippen molar-refractivity contribution in [3.63, 3.8) is 0 Å². The highest BCUT2D eigenvalue weighted by Gasteiger charge is 2.13. The van der Waals surface area contributed by atoms with Crippen LogP contribution in [0.2, 0.25) is 0 Å². The molecule has 0 aliphatic heterocycles. The molecule has 0 aromatic carbocycles. The zero-order chi connectivity index (χ0) is 15.1. The van der Waals surface area contributed by atoms with E-state index in [1.165, 1.54) is 0 Å². The van der Waals surface area contributed by atoms with Crippen LogP contribution in [0, 0.1) is 12.8 Å². The van der Waals surface area contributed by atoms with Gasteiger partial charge >= 0.3 is 6.03 Å². The molecule has 6 heteroatoms. The summed E-state index contributed by atoms with van der Waals surface area (Å²) in [5, 5.41) is 8.71. The smallest absolute Gasteiger partial charge is 0.315 e. The molecule has 2 amide bonds. The largest absolute Gasteiger partial charge is 0.379 e. The first-order valence-corrected chi connectivity index (χ1v) is 7.83. The van der Waals surface area contributed by atoms with Crippen molar-refractivity contribution in [3.05, 3.63) is 16.1 Å². The van der Waals surface area contributed by atoms with Gasteiger partial charge in [-0.15, -0.1) is 11.3 Å². The van der Waals surface area contributed by atoms with E-state index in [9.17, 15) is 4.79 Å². The van der Waals surface area contributed by atoms with Crippen molar-refractivity contribution in [2.75, 3.05) is 13.2 Å². The van der Waals surface area contributed by atoms with E-state index in [2.05, 4.69) is 29.5 Å². The summed E-state index contributed by atoms with van der Waals surface area (Å²) in [6.45, 7) is 11.2. The number of carbonyl (C=O) groups is 1. The Bertz CT molecular complexity index is 420. The number of aryl methyl sites for hydroxylation is 1. The fourth-order valence-electron chi connectivity index (χ4n) is 1.64. The van der Waals surface area contributed by atoms with Crippen LogP contribution in [-0.4, -0.2) is 30.3 Å². The average Bonchev–Trinajstić information content (AvgIpc) is 2.75. The van der Waals surface area contributed by atoms with Crippen LogP contribution in [0.15, 0.2) is 5.38 Å². The topological polar surface area (TPSA) is 63.2 Å². The van der Waals surface area contributed by atoms with Gasteiger partial charge in [0.2, 0.25) is 0 Å². The molecule has 0 fully saturated rings. The zero-order valence-electron chi connectivity index (χ0n) is 12.9. The Morgan fingerprint density at radius 3 is 2.55 bits per heavy atom. The molecule has 1 aromatic rings. The summed E-state index contributed by atoms with van der Waals surface area (Å²) in [7, 11) is 0. The van der Waals surface area contributed by atoms with Crippen molar-refractivity contribution in [1.29, 1.82) is 0 Å². The van der Waals surface area contributed by atoms with Gasteiger partial charge in [0.25, 0.3) is 0 Å². The number of ether oxygens (including phenoxy) is 1. The predicted octanol–water partition coefficient (Wildman–Crippen LogP) is 2.87. The molecular weight excluding hydrogens is 274 g/mol. The summed E-state index contributed by atoms with van der Waals surface area (Å²) in [5.41, 5.74) is 0.895. The van der Waals surface area contributed by atoms with Crippen LogP contribution >= 0.6 is 11.3 Å². The zero-order valence-corrected chi connectivity index (χ0v) is 13.7. The molecule has 0 saturated heterocycles. The highest BCUT2D eigenvalue weighted by atomic mass is 32.1. The number of thiazole rings is 1.